The lowest BCUT2D eigenvalue weighted by atomic mass is 10.0. The average molecular weight is 983 g/mol. The van der Waals surface area contributed by atoms with Gasteiger partial charge in [0.2, 0.25) is 5.91 Å². The van der Waals surface area contributed by atoms with Gasteiger partial charge in [0.15, 0.2) is 0 Å². The maximum absolute atomic E-state index is 13.0. The number of unbranched alkanes of at least 4 members (excludes halogenated alkanes) is 38. The van der Waals surface area contributed by atoms with Crippen molar-refractivity contribution in [3.05, 3.63) is 24.3 Å². The first-order valence-electron chi connectivity index (χ1n) is 29.7. The Morgan fingerprint density at radius 2 is 0.838 bits per heavy atom. The third kappa shape index (κ3) is 52.8. The van der Waals surface area contributed by atoms with Crippen molar-refractivity contribution in [2.24, 2.45) is 0 Å². The molecule has 3 atom stereocenters. The Kier molecular flexibility index (Phi) is 50.1. The van der Waals surface area contributed by atoms with Gasteiger partial charge in [-0.15, -0.1) is 0 Å². The monoisotopic (exact) mass is 982 g/mol. The molecule has 3 unspecified atom stereocenters. The quantitative estimate of drug-likeness (QED) is 0.0243. The molecule has 9 heteroatoms. The van der Waals surface area contributed by atoms with Gasteiger partial charge < -0.3 is 19.8 Å². The molecule has 0 spiro atoms. The molecule has 0 fully saturated rings. The number of likely N-dealkylation sites (N-methyl/N-ethyl adjacent to an activating group) is 1. The number of hydrogen-bond donors (Lipinski definition) is 3. The van der Waals surface area contributed by atoms with E-state index in [2.05, 4.69) is 43.5 Å². The van der Waals surface area contributed by atoms with Gasteiger partial charge in [-0.25, -0.2) is 4.57 Å². The van der Waals surface area contributed by atoms with Crippen molar-refractivity contribution in [2.75, 3.05) is 40.9 Å². The van der Waals surface area contributed by atoms with Gasteiger partial charge in [0.1, 0.15) is 13.2 Å². The Balaban J connectivity index is 4.13. The highest BCUT2D eigenvalue weighted by atomic mass is 31.2. The highest BCUT2D eigenvalue weighted by Crippen LogP contribution is 2.43. The SMILES string of the molecule is CCCCCCC/C=C\C/C=C\CCCCCCCCCCCCCCCC(=O)NC(COP(=O)(O)OCC[N+](C)(C)C)C(O)CCCCCCCCCCCCCCCCCCCCCCC. The third-order valence-corrected chi connectivity index (χ3v) is 14.7. The first-order valence-corrected chi connectivity index (χ1v) is 31.2. The fourth-order valence-electron chi connectivity index (χ4n) is 9.02. The minimum Gasteiger partial charge on any atom is -0.391 e. The summed E-state index contributed by atoms with van der Waals surface area (Å²) in [6, 6.07) is -0.760. The van der Waals surface area contributed by atoms with Crippen LogP contribution in [0.3, 0.4) is 0 Å². The van der Waals surface area contributed by atoms with E-state index < -0.39 is 20.0 Å². The molecular formula is C59H118N2O6P+. The molecule has 0 radical (unpaired) electrons. The van der Waals surface area contributed by atoms with Gasteiger partial charge in [-0.3, -0.25) is 13.8 Å². The van der Waals surface area contributed by atoms with E-state index in [4.69, 9.17) is 9.05 Å². The minimum absolute atomic E-state index is 0.0763. The summed E-state index contributed by atoms with van der Waals surface area (Å²) in [5, 5.41) is 14.1. The topological polar surface area (TPSA) is 105 Å². The fraction of sp³-hybridized carbons (Fsp3) is 0.915. The Hall–Kier alpha value is -1.02. The van der Waals surface area contributed by atoms with Crippen LogP contribution in [0.25, 0.3) is 0 Å². The number of phosphoric ester groups is 1. The maximum atomic E-state index is 13.0. The minimum atomic E-state index is -4.32. The zero-order valence-electron chi connectivity index (χ0n) is 46.1. The van der Waals surface area contributed by atoms with Gasteiger partial charge in [0, 0.05) is 6.42 Å². The van der Waals surface area contributed by atoms with Gasteiger partial charge >= 0.3 is 7.82 Å². The van der Waals surface area contributed by atoms with Crippen LogP contribution in [-0.2, 0) is 18.4 Å². The largest absolute Gasteiger partial charge is 0.472 e. The number of aliphatic hydroxyl groups is 1. The van der Waals surface area contributed by atoms with Crippen LogP contribution in [-0.4, -0.2) is 73.4 Å². The van der Waals surface area contributed by atoms with Crippen LogP contribution in [0, 0.1) is 0 Å². The number of allylic oxidation sites excluding steroid dienone is 4. The fourth-order valence-corrected chi connectivity index (χ4v) is 9.76. The summed E-state index contributed by atoms with van der Waals surface area (Å²) in [6.45, 7) is 4.92. The second-order valence-electron chi connectivity index (χ2n) is 21.7. The van der Waals surface area contributed by atoms with Crippen LogP contribution in [0.4, 0.5) is 0 Å². The van der Waals surface area contributed by atoms with Crippen LogP contribution in [0.15, 0.2) is 24.3 Å². The van der Waals surface area contributed by atoms with Gasteiger partial charge in [0.05, 0.1) is 39.9 Å². The lowest BCUT2D eigenvalue weighted by molar-refractivity contribution is -0.870. The number of amides is 1. The van der Waals surface area contributed by atoms with E-state index in [1.54, 1.807) is 0 Å². The molecule has 0 saturated heterocycles. The number of hydrogen-bond acceptors (Lipinski definition) is 5. The molecule has 0 rings (SSSR count). The number of nitrogens with zero attached hydrogens (tertiary/aromatic N) is 1. The summed E-state index contributed by atoms with van der Waals surface area (Å²) < 4.78 is 23.8. The zero-order valence-corrected chi connectivity index (χ0v) is 47.0. The zero-order chi connectivity index (χ0) is 49.9. The molecule has 0 heterocycles. The molecular weight excluding hydrogens is 864 g/mol. The average Bonchev–Trinajstić information content (AvgIpc) is 3.30. The Bertz CT molecular complexity index is 1160. The number of nitrogens with one attached hydrogen (secondary N) is 1. The lowest BCUT2D eigenvalue weighted by Gasteiger charge is -2.26. The van der Waals surface area contributed by atoms with E-state index in [0.29, 0.717) is 23.9 Å². The van der Waals surface area contributed by atoms with Gasteiger partial charge in [-0.2, -0.15) is 0 Å². The highest BCUT2D eigenvalue weighted by Gasteiger charge is 2.28. The smallest absolute Gasteiger partial charge is 0.391 e. The number of phosphoric acid groups is 1. The Morgan fingerprint density at radius 1 is 0.500 bits per heavy atom. The third-order valence-electron chi connectivity index (χ3n) is 13.7. The van der Waals surface area contributed by atoms with Gasteiger partial charge in [-0.1, -0.05) is 269 Å². The lowest BCUT2D eigenvalue weighted by Crippen LogP contribution is -2.46. The number of carbonyl (C=O) groups is 1. The molecule has 0 saturated carbocycles. The van der Waals surface area contributed by atoms with Crippen molar-refractivity contribution in [3.63, 3.8) is 0 Å². The Labute approximate surface area is 424 Å². The second kappa shape index (κ2) is 50.9. The molecule has 68 heavy (non-hydrogen) atoms. The molecule has 0 aromatic carbocycles. The predicted molar refractivity (Wildman–Crippen MR) is 295 cm³/mol. The normalized spacial score (nSPS) is 14.0. The van der Waals surface area contributed by atoms with E-state index in [0.717, 1.165) is 44.9 Å². The standard InChI is InChI=1S/C59H117N2O6P/c1-6-8-10-12-14-16-18-20-22-24-26-28-29-30-31-33-35-37-39-41-43-45-47-49-51-53-59(63)60-57(56-67-68(64,65)66-55-54-61(3,4)5)58(62)52-50-48-46-44-42-40-38-36-34-32-27-25-23-21-19-17-15-13-11-9-7-2/h18,20,24,26,57-58,62H,6-17,19,21-23,25,27-56H2,1-5H3,(H-,60,63,64,65)/p+1/b20-18-,26-24-. The van der Waals surface area contributed by atoms with Crippen LogP contribution in [0.5, 0.6) is 0 Å². The van der Waals surface area contributed by atoms with Crippen molar-refractivity contribution in [1.29, 1.82) is 0 Å². The van der Waals surface area contributed by atoms with Crippen LogP contribution in [0.2, 0.25) is 0 Å². The van der Waals surface area contributed by atoms with E-state index in [9.17, 15) is 19.4 Å². The van der Waals surface area contributed by atoms with E-state index in [-0.39, 0.29) is 19.1 Å². The summed E-state index contributed by atoms with van der Waals surface area (Å²) in [4.78, 5) is 23.4. The Morgan fingerprint density at radius 3 is 1.21 bits per heavy atom. The summed E-state index contributed by atoms with van der Waals surface area (Å²) >= 11 is 0. The molecule has 404 valence electrons. The molecule has 0 bridgehead atoms. The molecule has 0 aromatic heterocycles. The van der Waals surface area contributed by atoms with E-state index >= 15 is 0 Å². The number of quaternary nitrogens is 1. The van der Waals surface area contributed by atoms with Crippen molar-refractivity contribution in [2.45, 2.75) is 309 Å². The molecule has 8 nitrogen and oxygen atoms in total. The molecule has 0 aromatic rings. The predicted octanol–water partition coefficient (Wildman–Crippen LogP) is 18.0. The summed E-state index contributed by atoms with van der Waals surface area (Å²) in [5.74, 6) is -0.141. The maximum Gasteiger partial charge on any atom is 0.472 e. The van der Waals surface area contributed by atoms with Crippen molar-refractivity contribution >= 4 is 13.7 Å². The van der Waals surface area contributed by atoms with E-state index in [1.807, 2.05) is 21.1 Å². The molecule has 0 aliphatic carbocycles. The highest BCUT2D eigenvalue weighted by molar-refractivity contribution is 7.47. The van der Waals surface area contributed by atoms with Crippen LogP contribution >= 0.6 is 7.82 Å². The van der Waals surface area contributed by atoms with Crippen molar-refractivity contribution in [3.8, 4) is 0 Å². The van der Waals surface area contributed by atoms with E-state index in [1.165, 1.54) is 225 Å². The summed E-state index contributed by atoms with van der Waals surface area (Å²) in [7, 11) is 1.63. The van der Waals surface area contributed by atoms with Gasteiger partial charge in [0.25, 0.3) is 0 Å². The number of carbonyl (C=O) groups excluding carboxylic acids is 1. The summed E-state index contributed by atoms with van der Waals surface area (Å²) in [6.07, 6.45) is 63.7. The van der Waals surface area contributed by atoms with Crippen molar-refractivity contribution < 1.29 is 32.9 Å². The first-order chi connectivity index (χ1) is 33.0. The molecule has 0 aliphatic heterocycles. The van der Waals surface area contributed by atoms with Gasteiger partial charge in [-0.05, 0) is 44.9 Å². The molecule has 1 amide bonds. The summed E-state index contributed by atoms with van der Waals surface area (Å²) in [5.41, 5.74) is 0. The number of rotatable bonds is 55. The van der Waals surface area contributed by atoms with Crippen LogP contribution < -0.4 is 5.32 Å². The molecule has 0 aliphatic rings. The first kappa shape index (κ1) is 67.0. The second-order valence-corrected chi connectivity index (χ2v) is 23.2. The van der Waals surface area contributed by atoms with Crippen LogP contribution in [0.1, 0.15) is 296 Å². The van der Waals surface area contributed by atoms with Crippen molar-refractivity contribution in [1.82, 2.24) is 5.32 Å². The molecule has 3 N–H and O–H groups in total. The number of aliphatic hydroxyl groups excluding tert-OH is 1.